The summed E-state index contributed by atoms with van der Waals surface area (Å²) in [4.78, 5) is 38.5. The van der Waals surface area contributed by atoms with E-state index < -0.39 is 30.0 Å². The van der Waals surface area contributed by atoms with Crippen molar-refractivity contribution in [3.63, 3.8) is 0 Å². The summed E-state index contributed by atoms with van der Waals surface area (Å²) in [5, 5.41) is 0. The quantitative estimate of drug-likeness (QED) is 0.307. The first-order valence-corrected chi connectivity index (χ1v) is 10.8. The van der Waals surface area contributed by atoms with Gasteiger partial charge in [-0.25, -0.2) is 18.3 Å². The number of rotatable bonds is 6. The van der Waals surface area contributed by atoms with E-state index in [9.17, 15) is 23.2 Å². The summed E-state index contributed by atoms with van der Waals surface area (Å²) in [6, 6.07) is 13.1. The number of aromatic nitrogens is 3. The number of nitrogens with zero attached hydrogens (tertiary/aromatic N) is 3. The molecule has 4 rings (SSSR count). The predicted octanol–water partition coefficient (Wildman–Crippen LogP) is 4.21. The molecule has 0 unspecified atom stereocenters. The van der Waals surface area contributed by atoms with E-state index in [1.165, 1.54) is 0 Å². The van der Waals surface area contributed by atoms with Gasteiger partial charge >= 0.3 is 5.97 Å². The zero-order valence-corrected chi connectivity index (χ0v) is 19.6. The lowest BCUT2D eigenvalue weighted by Crippen LogP contribution is -2.22. The second-order valence-electron chi connectivity index (χ2n) is 8.19. The molecule has 0 aliphatic heterocycles. The van der Waals surface area contributed by atoms with Crippen molar-refractivity contribution in [3.05, 3.63) is 105 Å². The summed E-state index contributed by atoms with van der Waals surface area (Å²) >= 11 is 0. The van der Waals surface area contributed by atoms with Crippen LogP contribution in [0.4, 0.5) is 8.78 Å². The minimum Gasteiger partial charge on any atom is -0.454 e. The molecule has 2 heterocycles. The summed E-state index contributed by atoms with van der Waals surface area (Å²) in [5.74, 6) is -3.38. The Bertz CT molecular complexity index is 1490. The van der Waals surface area contributed by atoms with Crippen LogP contribution in [-0.4, -0.2) is 32.3 Å². The highest BCUT2D eigenvalue weighted by atomic mass is 19.1. The number of esters is 1. The first-order valence-electron chi connectivity index (χ1n) is 10.8. The van der Waals surface area contributed by atoms with Crippen molar-refractivity contribution in [2.45, 2.75) is 20.8 Å². The van der Waals surface area contributed by atoms with Crippen LogP contribution in [0.15, 0.2) is 59.4 Å². The molecule has 9 heteroatoms. The fraction of sp³-hybridized carbons (Fsp3) is 0.192. The number of carbonyl (C=O) groups excluding carboxylic acids is 2. The highest BCUT2D eigenvalue weighted by Gasteiger charge is 2.24. The molecule has 0 fully saturated rings. The van der Waals surface area contributed by atoms with Crippen LogP contribution in [0.3, 0.4) is 0 Å². The lowest BCUT2D eigenvalue weighted by molar-refractivity contribution is 0.0473. The van der Waals surface area contributed by atoms with Crippen molar-refractivity contribution >= 4 is 11.8 Å². The highest BCUT2D eigenvalue weighted by Crippen LogP contribution is 2.23. The standard InChI is InChI=1S/C26H23F2N3O4/c1-15-10-22(23(32)14-35-26(34)18-11-19(27)13-20(28)12-18)16(2)30(15)24-17(3)29(4)31(25(24)33)21-8-6-5-7-9-21/h5-13H,14H2,1-4H3. The molecule has 0 radical (unpaired) electrons. The number of carbonyl (C=O) groups is 2. The summed E-state index contributed by atoms with van der Waals surface area (Å²) in [7, 11) is 1.78. The molecule has 180 valence electrons. The van der Waals surface area contributed by atoms with E-state index in [0.717, 1.165) is 12.1 Å². The van der Waals surface area contributed by atoms with Crippen molar-refractivity contribution in [2.24, 2.45) is 7.05 Å². The fourth-order valence-corrected chi connectivity index (χ4v) is 4.16. The molecule has 0 amide bonds. The van der Waals surface area contributed by atoms with Gasteiger partial charge in [-0.1, -0.05) is 18.2 Å². The third-order valence-electron chi connectivity index (χ3n) is 5.91. The van der Waals surface area contributed by atoms with Gasteiger partial charge < -0.3 is 9.30 Å². The number of benzene rings is 2. The largest absolute Gasteiger partial charge is 0.454 e. The summed E-state index contributed by atoms with van der Waals surface area (Å²) in [5.41, 5.74) is 2.64. The molecule has 0 bridgehead atoms. The average molecular weight is 479 g/mol. The SMILES string of the molecule is Cc1cc(C(=O)COC(=O)c2cc(F)cc(F)c2)c(C)n1-c1c(C)n(C)n(-c2ccccc2)c1=O. The van der Waals surface area contributed by atoms with Crippen LogP contribution in [-0.2, 0) is 11.8 Å². The van der Waals surface area contributed by atoms with Gasteiger partial charge in [0.25, 0.3) is 5.56 Å². The van der Waals surface area contributed by atoms with Gasteiger partial charge in [0, 0.05) is 30.1 Å². The monoisotopic (exact) mass is 479 g/mol. The first kappa shape index (κ1) is 23.9. The maximum Gasteiger partial charge on any atom is 0.338 e. The van der Waals surface area contributed by atoms with Crippen LogP contribution in [0.25, 0.3) is 11.4 Å². The van der Waals surface area contributed by atoms with Gasteiger partial charge in [0.2, 0.25) is 5.78 Å². The van der Waals surface area contributed by atoms with Crippen LogP contribution in [0.1, 0.15) is 37.8 Å². The van der Waals surface area contributed by atoms with Gasteiger partial charge in [-0.2, -0.15) is 0 Å². The van der Waals surface area contributed by atoms with E-state index in [4.69, 9.17) is 4.74 Å². The molecule has 0 spiro atoms. The topological polar surface area (TPSA) is 75.2 Å². The van der Waals surface area contributed by atoms with E-state index in [0.29, 0.717) is 34.5 Å². The van der Waals surface area contributed by atoms with Gasteiger partial charge in [0.15, 0.2) is 6.61 Å². The van der Waals surface area contributed by atoms with Crippen molar-refractivity contribution < 1.29 is 23.1 Å². The number of Topliss-reactive ketones (excluding diaryl/α,β-unsaturated/α-hetero) is 1. The number of para-hydroxylation sites is 1. The Morgan fingerprint density at radius 2 is 1.54 bits per heavy atom. The van der Waals surface area contributed by atoms with Crippen LogP contribution < -0.4 is 5.56 Å². The van der Waals surface area contributed by atoms with Gasteiger partial charge in [-0.3, -0.25) is 14.3 Å². The molecule has 7 nitrogen and oxygen atoms in total. The van der Waals surface area contributed by atoms with E-state index in [-0.39, 0.29) is 16.7 Å². The summed E-state index contributed by atoms with van der Waals surface area (Å²) < 4.78 is 36.7. The van der Waals surface area contributed by atoms with Crippen molar-refractivity contribution in [3.8, 4) is 11.4 Å². The molecule has 35 heavy (non-hydrogen) atoms. The Balaban J connectivity index is 1.65. The zero-order valence-electron chi connectivity index (χ0n) is 19.6. The van der Waals surface area contributed by atoms with Crippen LogP contribution in [0.2, 0.25) is 0 Å². The summed E-state index contributed by atoms with van der Waals surface area (Å²) in [6.45, 7) is 4.66. The third-order valence-corrected chi connectivity index (χ3v) is 5.91. The number of ketones is 1. The van der Waals surface area contributed by atoms with E-state index >= 15 is 0 Å². The second-order valence-corrected chi connectivity index (χ2v) is 8.19. The van der Waals surface area contributed by atoms with Gasteiger partial charge in [-0.15, -0.1) is 0 Å². The Labute approximate surface area is 199 Å². The Morgan fingerprint density at radius 3 is 2.17 bits per heavy atom. The van der Waals surface area contributed by atoms with Crippen LogP contribution in [0.5, 0.6) is 0 Å². The number of ether oxygens (including phenoxy) is 1. The molecular weight excluding hydrogens is 456 g/mol. The summed E-state index contributed by atoms with van der Waals surface area (Å²) in [6.07, 6.45) is 0. The molecule has 0 aliphatic rings. The Morgan fingerprint density at radius 1 is 0.914 bits per heavy atom. The average Bonchev–Trinajstić information content (AvgIpc) is 3.22. The van der Waals surface area contributed by atoms with E-state index in [1.54, 1.807) is 40.9 Å². The molecule has 0 saturated heterocycles. The molecule has 4 aromatic rings. The van der Waals surface area contributed by atoms with Crippen molar-refractivity contribution in [1.29, 1.82) is 0 Å². The third kappa shape index (κ3) is 4.32. The number of hydrogen-bond donors (Lipinski definition) is 0. The highest BCUT2D eigenvalue weighted by molar-refractivity contribution is 6.00. The molecule has 0 saturated carbocycles. The maximum atomic E-state index is 13.4. The minimum absolute atomic E-state index is 0.253. The van der Waals surface area contributed by atoms with Gasteiger partial charge in [0.1, 0.15) is 17.3 Å². The predicted molar refractivity (Wildman–Crippen MR) is 126 cm³/mol. The van der Waals surface area contributed by atoms with Gasteiger partial charge in [0.05, 0.1) is 16.9 Å². The Kier molecular flexibility index (Phi) is 6.26. The van der Waals surface area contributed by atoms with Crippen molar-refractivity contribution in [2.75, 3.05) is 6.61 Å². The molecule has 2 aromatic heterocycles. The zero-order chi connectivity index (χ0) is 25.4. The number of halogens is 2. The minimum atomic E-state index is -1.02. The van der Waals surface area contributed by atoms with E-state index in [1.807, 2.05) is 37.3 Å². The molecule has 0 atom stereocenters. The van der Waals surface area contributed by atoms with E-state index in [2.05, 4.69) is 0 Å². The molecular formula is C26H23F2N3O4. The lowest BCUT2D eigenvalue weighted by atomic mass is 10.1. The second kappa shape index (κ2) is 9.17. The molecule has 0 N–H and O–H groups in total. The molecule has 0 aliphatic carbocycles. The fourth-order valence-electron chi connectivity index (χ4n) is 4.16. The van der Waals surface area contributed by atoms with Gasteiger partial charge in [-0.05, 0) is 51.1 Å². The smallest absolute Gasteiger partial charge is 0.338 e. The first-order chi connectivity index (χ1) is 16.6. The Hall–Kier alpha value is -4.27. The van der Waals surface area contributed by atoms with Crippen LogP contribution >= 0.6 is 0 Å². The molecule has 2 aromatic carbocycles. The lowest BCUT2D eigenvalue weighted by Gasteiger charge is -2.09. The number of hydrogen-bond acceptors (Lipinski definition) is 4. The number of aryl methyl sites for hydroxylation is 1. The van der Waals surface area contributed by atoms with Crippen LogP contribution in [0, 0.1) is 32.4 Å². The normalized spacial score (nSPS) is 11.0. The van der Waals surface area contributed by atoms with Crippen molar-refractivity contribution in [1.82, 2.24) is 13.9 Å². The maximum absolute atomic E-state index is 13.4.